The summed E-state index contributed by atoms with van der Waals surface area (Å²) >= 11 is 0. The largest absolute Gasteiger partial charge is 0.465 e. The van der Waals surface area contributed by atoms with Gasteiger partial charge in [0.2, 0.25) is 0 Å². The second-order valence-corrected chi connectivity index (χ2v) is 7.04. The smallest absolute Gasteiger partial charge is 0.313 e. The highest BCUT2D eigenvalue weighted by Crippen LogP contribution is 2.10. The molecule has 146 valence electrons. The van der Waals surface area contributed by atoms with Crippen molar-refractivity contribution in [1.29, 1.82) is 0 Å². The van der Waals surface area contributed by atoms with E-state index >= 15 is 0 Å². The molecule has 0 aromatic rings. The monoisotopic (exact) mass is 352 g/mol. The molecule has 0 N–H and O–H groups in total. The van der Waals surface area contributed by atoms with Crippen molar-refractivity contribution in [2.24, 2.45) is 0 Å². The third-order valence-corrected chi connectivity index (χ3v) is 4.31. The van der Waals surface area contributed by atoms with Crippen LogP contribution < -0.4 is 0 Å². The third-order valence-electron chi connectivity index (χ3n) is 4.31. The topological polar surface area (TPSA) is 43.4 Å². The number of carbonyl (C=O) groups excluding carboxylic acids is 2. The van der Waals surface area contributed by atoms with Crippen molar-refractivity contribution in [3.8, 4) is 0 Å². The van der Waals surface area contributed by atoms with Crippen LogP contribution in [0.5, 0.6) is 0 Å². The lowest BCUT2D eigenvalue weighted by molar-refractivity contribution is -0.145. The Bertz CT molecular complexity index is 347. The highest BCUT2D eigenvalue weighted by molar-refractivity contribution is 5.94. The van der Waals surface area contributed by atoms with Crippen LogP contribution in [0.15, 0.2) is 12.2 Å². The number of allylic oxidation sites excluding steroid dienone is 2. The van der Waals surface area contributed by atoms with Gasteiger partial charge in [0.15, 0.2) is 0 Å². The summed E-state index contributed by atoms with van der Waals surface area (Å²) in [5, 5.41) is 0. The van der Waals surface area contributed by atoms with Gasteiger partial charge in [-0.25, -0.2) is 0 Å². The molecule has 0 saturated carbocycles. The Kier molecular flexibility index (Phi) is 18.3. The predicted molar refractivity (Wildman–Crippen MR) is 106 cm³/mol. The lowest BCUT2D eigenvalue weighted by atomic mass is 10.1. The van der Waals surface area contributed by atoms with E-state index < -0.39 is 0 Å². The highest BCUT2D eigenvalue weighted by Gasteiger charge is 2.05. The van der Waals surface area contributed by atoms with Crippen LogP contribution in [0.4, 0.5) is 0 Å². The maximum absolute atomic E-state index is 11.2. The molecule has 0 radical (unpaired) electrons. The first-order valence-electron chi connectivity index (χ1n) is 10.5. The van der Waals surface area contributed by atoms with Crippen LogP contribution in [-0.4, -0.2) is 18.4 Å². The Labute approximate surface area is 155 Å². The average molecular weight is 353 g/mol. The van der Waals surface area contributed by atoms with Gasteiger partial charge in [0.05, 0.1) is 6.61 Å². The zero-order valence-corrected chi connectivity index (χ0v) is 16.7. The van der Waals surface area contributed by atoms with E-state index in [1.54, 1.807) is 0 Å². The summed E-state index contributed by atoms with van der Waals surface area (Å²) in [7, 11) is 0. The van der Waals surface area contributed by atoms with Crippen LogP contribution in [0.2, 0.25) is 0 Å². The Morgan fingerprint density at radius 2 is 1.20 bits per heavy atom. The molecule has 0 aromatic carbocycles. The number of unbranched alkanes of at least 4 members (excludes halogenated alkanes) is 12. The van der Waals surface area contributed by atoms with Gasteiger partial charge >= 0.3 is 5.97 Å². The van der Waals surface area contributed by atoms with Gasteiger partial charge in [-0.05, 0) is 39.0 Å². The maximum atomic E-state index is 11.2. The number of hydrogen-bond donors (Lipinski definition) is 0. The second kappa shape index (κ2) is 19.2. The van der Waals surface area contributed by atoms with E-state index in [1.807, 2.05) is 0 Å². The van der Waals surface area contributed by atoms with Gasteiger partial charge in [0.25, 0.3) is 0 Å². The summed E-state index contributed by atoms with van der Waals surface area (Å²) in [5.74, 6) is -0.519. The van der Waals surface area contributed by atoms with Crippen LogP contribution >= 0.6 is 0 Å². The summed E-state index contributed by atoms with van der Waals surface area (Å²) in [6.45, 7) is 4.12. The van der Waals surface area contributed by atoms with Gasteiger partial charge in [-0.1, -0.05) is 76.9 Å². The molecule has 0 heterocycles. The van der Waals surface area contributed by atoms with E-state index in [9.17, 15) is 9.59 Å². The molecule has 25 heavy (non-hydrogen) atoms. The van der Waals surface area contributed by atoms with E-state index in [1.165, 1.54) is 84.0 Å². The van der Waals surface area contributed by atoms with Crippen LogP contribution in [0.25, 0.3) is 0 Å². The first-order valence-corrected chi connectivity index (χ1v) is 10.5. The number of Topliss-reactive ketones (excluding diaryl/α,β-unsaturated/α-hetero) is 1. The summed E-state index contributed by atoms with van der Waals surface area (Å²) in [5.41, 5.74) is 0. The van der Waals surface area contributed by atoms with Gasteiger partial charge in [-0.2, -0.15) is 0 Å². The summed E-state index contributed by atoms with van der Waals surface area (Å²) in [4.78, 5) is 21.9. The minimum absolute atomic E-state index is 0.0892. The van der Waals surface area contributed by atoms with E-state index in [2.05, 4.69) is 19.1 Å². The van der Waals surface area contributed by atoms with Crippen molar-refractivity contribution in [3.63, 3.8) is 0 Å². The molecule has 0 bridgehead atoms. The lowest BCUT2D eigenvalue weighted by Gasteiger charge is -2.04. The second-order valence-electron chi connectivity index (χ2n) is 7.04. The molecule has 3 heteroatoms. The average Bonchev–Trinajstić information content (AvgIpc) is 2.57. The van der Waals surface area contributed by atoms with Crippen molar-refractivity contribution in [2.45, 2.75) is 110 Å². The predicted octanol–water partition coefficient (Wildman–Crippen LogP) is 6.55. The molecule has 0 rings (SSSR count). The molecule has 0 fully saturated rings. The van der Waals surface area contributed by atoms with Crippen molar-refractivity contribution in [2.75, 3.05) is 6.61 Å². The van der Waals surface area contributed by atoms with Crippen LogP contribution in [-0.2, 0) is 14.3 Å². The first kappa shape index (κ1) is 23.9. The lowest BCUT2D eigenvalue weighted by Crippen LogP contribution is -2.09. The molecule has 0 aliphatic heterocycles. The van der Waals surface area contributed by atoms with Crippen LogP contribution in [0, 0.1) is 0 Å². The van der Waals surface area contributed by atoms with Gasteiger partial charge in [-0.15, -0.1) is 0 Å². The summed E-state index contributed by atoms with van der Waals surface area (Å²) < 4.78 is 5.01. The molecular weight excluding hydrogens is 312 g/mol. The molecule has 0 amide bonds. The number of esters is 1. The van der Waals surface area contributed by atoms with E-state index in [-0.39, 0.29) is 18.2 Å². The van der Waals surface area contributed by atoms with Crippen molar-refractivity contribution in [3.05, 3.63) is 12.2 Å². The van der Waals surface area contributed by atoms with Gasteiger partial charge in [0.1, 0.15) is 12.2 Å². The van der Waals surface area contributed by atoms with Gasteiger partial charge in [-0.3, -0.25) is 9.59 Å². The van der Waals surface area contributed by atoms with E-state index in [0.717, 1.165) is 12.8 Å². The Morgan fingerprint density at radius 3 is 1.72 bits per heavy atom. The Morgan fingerprint density at radius 1 is 0.720 bits per heavy atom. The molecule has 3 nitrogen and oxygen atoms in total. The van der Waals surface area contributed by atoms with Gasteiger partial charge < -0.3 is 4.74 Å². The normalized spacial score (nSPS) is 11.1. The summed E-state index contributed by atoms with van der Waals surface area (Å²) in [6, 6.07) is 0. The fraction of sp³-hybridized carbons (Fsp3) is 0.818. The number of hydrogen-bond acceptors (Lipinski definition) is 3. The molecule has 0 saturated heterocycles. The minimum Gasteiger partial charge on any atom is -0.465 e. The fourth-order valence-electron chi connectivity index (χ4n) is 2.79. The SMILES string of the molecule is CCCCCC/C=C\CCCCCCCCCCOC(=O)CC(C)=O. The Balaban J connectivity index is 3.15. The zero-order chi connectivity index (χ0) is 18.6. The highest BCUT2D eigenvalue weighted by atomic mass is 16.5. The van der Waals surface area contributed by atoms with E-state index in [0.29, 0.717) is 6.61 Å². The van der Waals surface area contributed by atoms with Crippen molar-refractivity contribution in [1.82, 2.24) is 0 Å². The molecule has 0 atom stereocenters. The first-order chi connectivity index (χ1) is 12.2. The third kappa shape index (κ3) is 20.8. The minimum atomic E-state index is -0.387. The number of rotatable bonds is 18. The zero-order valence-electron chi connectivity index (χ0n) is 16.7. The number of ether oxygens (including phenoxy) is 1. The molecule has 0 unspecified atom stereocenters. The van der Waals surface area contributed by atoms with Crippen molar-refractivity contribution >= 4 is 11.8 Å². The number of carbonyl (C=O) groups is 2. The Hall–Kier alpha value is -1.12. The molecular formula is C22H40O3. The fourth-order valence-corrected chi connectivity index (χ4v) is 2.79. The van der Waals surface area contributed by atoms with Crippen molar-refractivity contribution < 1.29 is 14.3 Å². The molecule has 0 aliphatic carbocycles. The molecule has 0 aromatic heterocycles. The van der Waals surface area contributed by atoms with Crippen LogP contribution in [0.1, 0.15) is 110 Å². The standard InChI is InChI=1S/C22H40O3/c1-3-4-5-6-7-8-9-10-11-12-13-14-15-16-17-18-19-25-22(24)20-21(2)23/h8-9H,3-7,10-20H2,1-2H3/b9-8-. The quantitative estimate of drug-likeness (QED) is 0.122. The van der Waals surface area contributed by atoms with Gasteiger partial charge in [0, 0.05) is 0 Å². The van der Waals surface area contributed by atoms with Crippen LogP contribution in [0.3, 0.4) is 0 Å². The molecule has 0 aliphatic rings. The summed E-state index contributed by atoms with van der Waals surface area (Å²) in [6.07, 6.45) is 22.3. The molecule has 0 spiro atoms. The van der Waals surface area contributed by atoms with E-state index in [4.69, 9.17) is 4.74 Å². The number of ketones is 1. The maximum Gasteiger partial charge on any atom is 0.313 e.